The third-order valence-corrected chi connectivity index (χ3v) is 7.58. The summed E-state index contributed by atoms with van der Waals surface area (Å²) in [5.74, 6) is -3.97. The summed E-state index contributed by atoms with van der Waals surface area (Å²) in [6.45, 7) is 4.43. The number of aliphatic hydroxyl groups is 1. The number of amides is 1. The Morgan fingerprint density at radius 2 is 1.56 bits per heavy atom. The third-order valence-electron chi connectivity index (χ3n) is 6.57. The van der Waals surface area contributed by atoms with Gasteiger partial charge in [0.05, 0.1) is 17.0 Å². The molecule has 3 heterocycles. The van der Waals surface area contributed by atoms with Crippen molar-refractivity contribution in [1.29, 1.82) is 0 Å². The summed E-state index contributed by atoms with van der Waals surface area (Å²) in [4.78, 5) is 48.7. The number of piperidine rings is 2. The minimum Gasteiger partial charge on any atom is -0.473 e. The third kappa shape index (κ3) is 6.74. The number of benzene rings is 1. The minimum absolute atomic E-state index is 0.0424. The van der Waals surface area contributed by atoms with Crippen LogP contribution in [-0.2, 0) is 9.59 Å². The first-order valence-corrected chi connectivity index (χ1v) is 12.5. The molecule has 1 amide bonds. The highest BCUT2D eigenvalue weighted by atomic mass is 32.1. The molecule has 194 valence electrons. The molecule has 2 aliphatic rings. The van der Waals surface area contributed by atoms with E-state index >= 15 is 0 Å². The Morgan fingerprint density at radius 1 is 0.944 bits per heavy atom. The Labute approximate surface area is 211 Å². The van der Waals surface area contributed by atoms with Gasteiger partial charge in [-0.1, -0.05) is 0 Å². The van der Waals surface area contributed by atoms with Crippen molar-refractivity contribution in [3.05, 3.63) is 57.5 Å². The lowest BCUT2D eigenvalue weighted by atomic mass is 9.87. The van der Waals surface area contributed by atoms with Crippen LogP contribution in [0.4, 0.5) is 4.39 Å². The van der Waals surface area contributed by atoms with Gasteiger partial charge in [-0.3, -0.25) is 14.5 Å². The molecular formula is C25H29FN2O7S. The smallest absolute Gasteiger partial charge is 0.414 e. The molecule has 4 rings (SSSR count). The van der Waals surface area contributed by atoms with Crippen molar-refractivity contribution in [1.82, 2.24) is 9.80 Å². The van der Waals surface area contributed by atoms with Crippen molar-refractivity contribution in [3.63, 3.8) is 0 Å². The molecule has 1 aromatic heterocycles. The molecule has 0 spiro atoms. The normalized spacial score (nSPS) is 20.8. The summed E-state index contributed by atoms with van der Waals surface area (Å²) in [7, 11) is 0. The number of carboxylic acid groups (broad SMARTS) is 2. The van der Waals surface area contributed by atoms with Crippen molar-refractivity contribution in [2.75, 3.05) is 26.2 Å². The largest absolute Gasteiger partial charge is 0.473 e. The van der Waals surface area contributed by atoms with Crippen LogP contribution in [0.2, 0.25) is 0 Å². The van der Waals surface area contributed by atoms with Crippen LogP contribution in [0.15, 0.2) is 35.7 Å². The molecule has 2 fully saturated rings. The number of thiophene rings is 1. The van der Waals surface area contributed by atoms with E-state index in [-0.39, 0.29) is 29.5 Å². The van der Waals surface area contributed by atoms with Crippen LogP contribution in [0.25, 0.3) is 0 Å². The summed E-state index contributed by atoms with van der Waals surface area (Å²) in [6.07, 6.45) is 1.51. The standard InChI is InChI=1S/C23H27FN2O3S.C2H2O4/c1-15-9-13-30-22(15)23(29)26-12-8-20(27)19(14-26)25-10-6-17(7-11-25)21(28)16-2-4-18(24)5-3-16;3-1(4)2(5)6/h2-5,9,13,17,19-20,27H,6-8,10-12,14H2,1H3;(H,3,4)(H,5,6)/t19-,20-;/m1./s1. The highest BCUT2D eigenvalue weighted by Gasteiger charge is 2.37. The average Bonchev–Trinajstić information content (AvgIpc) is 3.30. The number of carbonyl (C=O) groups excluding carboxylic acids is 2. The van der Waals surface area contributed by atoms with Crippen molar-refractivity contribution < 1.29 is 38.9 Å². The second kappa shape index (κ2) is 12.2. The number of aryl methyl sites for hydroxylation is 1. The van der Waals surface area contributed by atoms with E-state index in [1.54, 1.807) is 12.1 Å². The van der Waals surface area contributed by atoms with Gasteiger partial charge in [0.1, 0.15) is 5.82 Å². The first-order valence-electron chi connectivity index (χ1n) is 11.6. The molecule has 0 aliphatic carbocycles. The predicted octanol–water partition coefficient (Wildman–Crippen LogP) is 2.52. The van der Waals surface area contributed by atoms with Crippen LogP contribution in [0.1, 0.15) is 44.9 Å². The molecular weight excluding hydrogens is 491 g/mol. The van der Waals surface area contributed by atoms with Crippen LogP contribution in [-0.4, -0.2) is 87.1 Å². The highest BCUT2D eigenvalue weighted by molar-refractivity contribution is 7.12. The molecule has 3 N–H and O–H groups in total. The molecule has 0 bridgehead atoms. The number of aliphatic carboxylic acids is 2. The van der Waals surface area contributed by atoms with E-state index < -0.39 is 18.0 Å². The van der Waals surface area contributed by atoms with Crippen LogP contribution >= 0.6 is 11.3 Å². The van der Waals surface area contributed by atoms with Crippen LogP contribution < -0.4 is 0 Å². The van der Waals surface area contributed by atoms with E-state index in [4.69, 9.17) is 19.8 Å². The van der Waals surface area contributed by atoms with Crippen LogP contribution in [0.3, 0.4) is 0 Å². The van der Waals surface area contributed by atoms with Gasteiger partial charge >= 0.3 is 11.9 Å². The molecule has 36 heavy (non-hydrogen) atoms. The fourth-order valence-electron chi connectivity index (χ4n) is 4.54. The number of Topliss-reactive ketones (excluding diaryl/α,β-unsaturated/α-hetero) is 1. The van der Waals surface area contributed by atoms with E-state index in [2.05, 4.69) is 4.90 Å². The Morgan fingerprint density at radius 3 is 2.08 bits per heavy atom. The number of aliphatic hydroxyl groups excluding tert-OH is 1. The van der Waals surface area contributed by atoms with Gasteiger partial charge in [-0.2, -0.15) is 0 Å². The molecule has 0 saturated carbocycles. The van der Waals surface area contributed by atoms with Gasteiger partial charge in [-0.15, -0.1) is 11.3 Å². The van der Waals surface area contributed by atoms with Gasteiger partial charge in [0, 0.05) is 24.6 Å². The molecule has 2 aromatic rings. The number of hydrogen-bond donors (Lipinski definition) is 3. The summed E-state index contributed by atoms with van der Waals surface area (Å²) >= 11 is 1.46. The zero-order valence-corrected chi connectivity index (χ0v) is 20.6. The molecule has 2 aliphatic heterocycles. The predicted molar refractivity (Wildman–Crippen MR) is 130 cm³/mol. The minimum atomic E-state index is -1.82. The fraction of sp³-hybridized carbons (Fsp3) is 0.440. The topological polar surface area (TPSA) is 135 Å². The van der Waals surface area contributed by atoms with Crippen molar-refractivity contribution in [2.45, 2.75) is 38.3 Å². The molecule has 9 nitrogen and oxygen atoms in total. The first-order chi connectivity index (χ1) is 17.1. The lowest BCUT2D eigenvalue weighted by Gasteiger charge is -2.44. The van der Waals surface area contributed by atoms with E-state index in [0.29, 0.717) is 51.0 Å². The van der Waals surface area contributed by atoms with Gasteiger partial charge in [0.15, 0.2) is 5.78 Å². The summed E-state index contributed by atoms with van der Waals surface area (Å²) in [6, 6.07) is 7.58. The number of likely N-dealkylation sites (tertiary alicyclic amines) is 2. The maximum absolute atomic E-state index is 13.1. The van der Waals surface area contributed by atoms with Gasteiger partial charge in [-0.05, 0) is 80.6 Å². The number of halogens is 1. The van der Waals surface area contributed by atoms with Gasteiger partial charge in [0.2, 0.25) is 0 Å². The van der Waals surface area contributed by atoms with Crippen molar-refractivity contribution in [2.24, 2.45) is 5.92 Å². The summed E-state index contributed by atoms with van der Waals surface area (Å²) in [5, 5.41) is 27.3. The maximum atomic E-state index is 13.1. The number of hydrogen-bond acceptors (Lipinski definition) is 7. The SMILES string of the molecule is Cc1ccsc1C(=O)N1CC[C@@H](O)[C@H](N2CCC(C(=O)c3ccc(F)cc3)CC2)C1.O=C(O)C(=O)O. The van der Waals surface area contributed by atoms with E-state index in [9.17, 15) is 19.1 Å². The monoisotopic (exact) mass is 520 g/mol. The summed E-state index contributed by atoms with van der Waals surface area (Å²) in [5.41, 5.74) is 1.54. The lowest BCUT2D eigenvalue weighted by molar-refractivity contribution is -0.159. The zero-order valence-electron chi connectivity index (χ0n) is 19.8. The van der Waals surface area contributed by atoms with E-state index in [1.807, 2.05) is 23.3 Å². The molecule has 11 heteroatoms. The second-order valence-corrected chi connectivity index (χ2v) is 9.82. The molecule has 1 aromatic carbocycles. The zero-order chi connectivity index (χ0) is 26.4. The van der Waals surface area contributed by atoms with Gasteiger partial charge in [-0.25, -0.2) is 14.0 Å². The Bertz CT molecular complexity index is 1080. The average molecular weight is 521 g/mol. The first kappa shape index (κ1) is 27.4. The van der Waals surface area contributed by atoms with Gasteiger partial charge < -0.3 is 20.2 Å². The van der Waals surface area contributed by atoms with E-state index in [0.717, 1.165) is 10.4 Å². The quantitative estimate of drug-likeness (QED) is 0.413. The van der Waals surface area contributed by atoms with Crippen LogP contribution in [0.5, 0.6) is 0 Å². The van der Waals surface area contributed by atoms with Crippen molar-refractivity contribution >= 4 is 35.0 Å². The highest BCUT2D eigenvalue weighted by Crippen LogP contribution is 2.27. The molecule has 2 saturated heterocycles. The lowest BCUT2D eigenvalue weighted by Crippen LogP contribution is -2.58. The van der Waals surface area contributed by atoms with Crippen LogP contribution in [0, 0.1) is 18.7 Å². The number of carbonyl (C=O) groups is 4. The van der Waals surface area contributed by atoms with Gasteiger partial charge in [0.25, 0.3) is 5.91 Å². The fourth-order valence-corrected chi connectivity index (χ4v) is 5.43. The molecule has 0 radical (unpaired) electrons. The maximum Gasteiger partial charge on any atom is 0.414 e. The van der Waals surface area contributed by atoms with Crippen molar-refractivity contribution in [3.8, 4) is 0 Å². The Balaban J connectivity index is 0.000000538. The molecule has 2 atom stereocenters. The Hall–Kier alpha value is -3.15. The Kier molecular flexibility index (Phi) is 9.30. The summed E-state index contributed by atoms with van der Waals surface area (Å²) < 4.78 is 13.1. The number of rotatable bonds is 4. The number of nitrogens with zero attached hydrogens (tertiary/aromatic N) is 2. The van der Waals surface area contributed by atoms with E-state index in [1.165, 1.54) is 23.5 Å². The second-order valence-electron chi connectivity index (χ2n) is 8.90. The molecule has 0 unspecified atom stereocenters. The number of ketones is 1. The number of carboxylic acids is 2.